The molecule has 1 amide bonds. The lowest BCUT2D eigenvalue weighted by molar-refractivity contribution is -0.140. The van der Waals surface area contributed by atoms with E-state index in [9.17, 15) is 4.79 Å². The van der Waals surface area contributed by atoms with Crippen LogP contribution in [0.4, 0.5) is 0 Å². The molecule has 1 unspecified atom stereocenters. The number of rotatable bonds is 6. The number of carbonyl (C=O) groups excluding carboxylic acids is 1. The van der Waals surface area contributed by atoms with Gasteiger partial charge in [0.15, 0.2) is 0 Å². The summed E-state index contributed by atoms with van der Waals surface area (Å²) in [5.41, 5.74) is 6.84. The normalized spacial score (nSPS) is 18.5. The van der Waals surface area contributed by atoms with Crippen LogP contribution in [0.15, 0.2) is 30.3 Å². The van der Waals surface area contributed by atoms with Crippen molar-refractivity contribution in [1.29, 1.82) is 0 Å². The van der Waals surface area contributed by atoms with Crippen molar-refractivity contribution in [3.8, 4) is 0 Å². The van der Waals surface area contributed by atoms with E-state index in [0.29, 0.717) is 26.2 Å². The third kappa shape index (κ3) is 4.04. The van der Waals surface area contributed by atoms with E-state index < -0.39 is 0 Å². The van der Waals surface area contributed by atoms with Gasteiger partial charge in [0.1, 0.15) is 6.10 Å². The molecule has 0 aromatic heterocycles. The van der Waals surface area contributed by atoms with E-state index in [0.717, 1.165) is 19.3 Å². The molecule has 4 heteroatoms. The Morgan fingerprint density at radius 3 is 2.74 bits per heavy atom. The molecule has 1 aliphatic rings. The minimum Gasteiger partial charge on any atom is -0.368 e. The first-order chi connectivity index (χ1) is 9.31. The molecular formula is C15H22N2O2. The van der Waals surface area contributed by atoms with Gasteiger partial charge in [-0.2, -0.15) is 0 Å². The van der Waals surface area contributed by atoms with Crippen molar-refractivity contribution in [1.82, 2.24) is 4.90 Å². The van der Waals surface area contributed by atoms with Gasteiger partial charge in [-0.1, -0.05) is 30.3 Å². The average molecular weight is 262 g/mol. The zero-order chi connectivity index (χ0) is 13.5. The van der Waals surface area contributed by atoms with Crippen molar-refractivity contribution in [2.24, 2.45) is 5.73 Å². The minimum absolute atomic E-state index is 0.0962. The molecule has 1 atom stereocenters. The number of hydrogen-bond acceptors (Lipinski definition) is 3. The van der Waals surface area contributed by atoms with Crippen LogP contribution >= 0.6 is 0 Å². The summed E-state index contributed by atoms with van der Waals surface area (Å²) in [7, 11) is 0. The van der Waals surface area contributed by atoms with Crippen LogP contribution in [0.3, 0.4) is 0 Å². The smallest absolute Gasteiger partial charge is 0.251 e. The first-order valence-corrected chi connectivity index (χ1v) is 6.95. The summed E-state index contributed by atoms with van der Waals surface area (Å²) in [6.07, 6.45) is 2.43. The molecule has 2 N–H and O–H groups in total. The van der Waals surface area contributed by atoms with E-state index in [1.165, 1.54) is 5.56 Å². The van der Waals surface area contributed by atoms with Crippen LogP contribution in [-0.4, -0.2) is 43.2 Å². The molecule has 1 aromatic rings. The summed E-state index contributed by atoms with van der Waals surface area (Å²) >= 11 is 0. The summed E-state index contributed by atoms with van der Waals surface area (Å²) in [4.78, 5) is 14.1. The first kappa shape index (κ1) is 14.0. The summed E-state index contributed by atoms with van der Waals surface area (Å²) in [5.74, 6) is 0.0962. The number of benzene rings is 1. The van der Waals surface area contributed by atoms with E-state index in [-0.39, 0.29) is 12.0 Å². The lowest BCUT2D eigenvalue weighted by atomic mass is 10.1. The third-order valence-corrected chi connectivity index (χ3v) is 3.43. The highest BCUT2D eigenvalue weighted by molar-refractivity contribution is 5.81. The van der Waals surface area contributed by atoms with Crippen LogP contribution in [0.25, 0.3) is 0 Å². The summed E-state index contributed by atoms with van der Waals surface area (Å²) in [6, 6.07) is 10.2. The molecule has 0 radical (unpaired) electrons. The van der Waals surface area contributed by atoms with Crippen molar-refractivity contribution < 1.29 is 9.53 Å². The molecule has 104 valence electrons. The molecule has 1 heterocycles. The van der Waals surface area contributed by atoms with Gasteiger partial charge < -0.3 is 15.4 Å². The van der Waals surface area contributed by atoms with Gasteiger partial charge >= 0.3 is 0 Å². The first-order valence-electron chi connectivity index (χ1n) is 6.95. The fourth-order valence-electron chi connectivity index (χ4n) is 2.37. The second-order valence-electron chi connectivity index (χ2n) is 4.85. The number of hydrogen-bond donors (Lipinski definition) is 1. The van der Waals surface area contributed by atoms with Gasteiger partial charge in [-0.25, -0.2) is 0 Å². The highest BCUT2D eigenvalue weighted by Crippen LogP contribution is 2.15. The molecule has 1 aliphatic heterocycles. The highest BCUT2D eigenvalue weighted by atomic mass is 16.5. The number of nitrogens with zero attached hydrogens (tertiary/aromatic N) is 1. The Kier molecular flexibility index (Phi) is 5.36. The van der Waals surface area contributed by atoms with Gasteiger partial charge in [-0.15, -0.1) is 0 Å². The number of carbonyl (C=O) groups is 1. The van der Waals surface area contributed by atoms with Crippen LogP contribution in [0, 0.1) is 0 Å². The van der Waals surface area contributed by atoms with Gasteiger partial charge in [0.05, 0.1) is 0 Å². The Morgan fingerprint density at radius 2 is 2.11 bits per heavy atom. The Balaban J connectivity index is 1.90. The van der Waals surface area contributed by atoms with Gasteiger partial charge in [-0.05, 0) is 24.8 Å². The van der Waals surface area contributed by atoms with E-state index >= 15 is 0 Å². The SMILES string of the molecule is NCCN(CCc1ccccc1)C(=O)C1CCCO1. The summed E-state index contributed by atoms with van der Waals surface area (Å²) in [5, 5.41) is 0. The van der Waals surface area contributed by atoms with E-state index in [1.807, 2.05) is 23.1 Å². The Bertz CT molecular complexity index is 388. The van der Waals surface area contributed by atoms with Crippen molar-refractivity contribution in [2.45, 2.75) is 25.4 Å². The summed E-state index contributed by atoms with van der Waals surface area (Å²) < 4.78 is 5.46. The largest absolute Gasteiger partial charge is 0.368 e. The molecule has 0 spiro atoms. The van der Waals surface area contributed by atoms with Crippen LogP contribution < -0.4 is 5.73 Å². The number of ether oxygens (including phenoxy) is 1. The average Bonchev–Trinajstić information content (AvgIpc) is 2.98. The quantitative estimate of drug-likeness (QED) is 0.838. The zero-order valence-electron chi connectivity index (χ0n) is 11.3. The van der Waals surface area contributed by atoms with Crippen LogP contribution in [0.5, 0.6) is 0 Å². The molecule has 4 nitrogen and oxygen atoms in total. The minimum atomic E-state index is -0.248. The molecule has 1 aromatic carbocycles. The fourth-order valence-corrected chi connectivity index (χ4v) is 2.37. The van der Waals surface area contributed by atoms with Crippen LogP contribution in [0.1, 0.15) is 18.4 Å². The second-order valence-corrected chi connectivity index (χ2v) is 4.85. The number of nitrogens with two attached hydrogens (primary N) is 1. The van der Waals surface area contributed by atoms with Crippen molar-refractivity contribution in [3.05, 3.63) is 35.9 Å². The van der Waals surface area contributed by atoms with Crippen molar-refractivity contribution >= 4 is 5.91 Å². The maximum atomic E-state index is 12.3. The lowest BCUT2D eigenvalue weighted by Gasteiger charge is -2.24. The molecule has 1 saturated heterocycles. The number of amides is 1. The fraction of sp³-hybridized carbons (Fsp3) is 0.533. The maximum Gasteiger partial charge on any atom is 0.251 e. The van der Waals surface area contributed by atoms with Gasteiger partial charge in [0.2, 0.25) is 0 Å². The Hall–Kier alpha value is -1.39. The van der Waals surface area contributed by atoms with Crippen molar-refractivity contribution in [2.75, 3.05) is 26.2 Å². The molecule has 0 aliphatic carbocycles. The lowest BCUT2D eigenvalue weighted by Crippen LogP contribution is -2.42. The predicted octanol–water partition coefficient (Wildman–Crippen LogP) is 1.20. The predicted molar refractivity (Wildman–Crippen MR) is 74.8 cm³/mol. The van der Waals surface area contributed by atoms with Crippen LogP contribution in [-0.2, 0) is 16.0 Å². The topological polar surface area (TPSA) is 55.6 Å². The molecule has 0 saturated carbocycles. The second kappa shape index (κ2) is 7.26. The zero-order valence-corrected chi connectivity index (χ0v) is 11.3. The van der Waals surface area contributed by atoms with Crippen LogP contribution in [0.2, 0.25) is 0 Å². The maximum absolute atomic E-state index is 12.3. The molecule has 19 heavy (non-hydrogen) atoms. The van der Waals surface area contributed by atoms with E-state index in [2.05, 4.69) is 12.1 Å². The molecular weight excluding hydrogens is 240 g/mol. The van der Waals surface area contributed by atoms with Gasteiger partial charge in [0, 0.05) is 26.2 Å². The monoisotopic (exact) mass is 262 g/mol. The Morgan fingerprint density at radius 1 is 1.32 bits per heavy atom. The standard InChI is InChI=1S/C15H22N2O2/c16-9-11-17(15(18)14-7-4-12-19-14)10-8-13-5-2-1-3-6-13/h1-3,5-6,14H,4,7-12,16H2. The van der Waals surface area contributed by atoms with E-state index in [4.69, 9.17) is 10.5 Å². The van der Waals surface area contributed by atoms with Gasteiger partial charge in [0.25, 0.3) is 5.91 Å². The highest BCUT2D eigenvalue weighted by Gasteiger charge is 2.27. The summed E-state index contributed by atoms with van der Waals surface area (Å²) in [6.45, 7) is 2.50. The van der Waals surface area contributed by atoms with E-state index in [1.54, 1.807) is 0 Å². The Labute approximate surface area is 114 Å². The molecule has 2 rings (SSSR count). The molecule has 1 fully saturated rings. The molecule has 0 bridgehead atoms. The van der Waals surface area contributed by atoms with Gasteiger partial charge in [-0.3, -0.25) is 4.79 Å². The third-order valence-electron chi connectivity index (χ3n) is 3.43. The van der Waals surface area contributed by atoms with Crippen molar-refractivity contribution in [3.63, 3.8) is 0 Å².